The Morgan fingerprint density at radius 1 is 1.16 bits per heavy atom. The van der Waals surface area contributed by atoms with Gasteiger partial charge in [0.15, 0.2) is 0 Å². The zero-order valence-corrected chi connectivity index (χ0v) is 14.1. The van der Waals surface area contributed by atoms with E-state index in [1.54, 1.807) is 55.6 Å². The van der Waals surface area contributed by atoms with Gasteiger partial charge < -0.3 is 5.32 Å². The van der Waals surface area contributed by atoms with Gasteiger partial charge in [0.1, 0.15) is 11.6 Å². The maximum atomic E-state index is 12.2. The van der Waals surface area contributed by atoms with Gasteiger partial charge >= 0.3 is 0 Å². The zero-order valence-electron chi connectivity index (χ0n) is 14.1. The molecule has 0 aliphatic heterocycles. The summed E-state index contributed by atoms with van der Waals surface area (Å²) in [6.45, 7) is 5.21. The molecule has 126 valence electrons. The van der Waals surface area contributed by atoms with Crippen LogP contribution in [-0.2, 0) is 4.79 Å². The van der Waals surface area contributed by atoms with E-state index < -0.39 is 0 Å². The third-order valence-corrected chi connectivity index (χ3v) is 3.39. The van der Waals surface area contributed by atoms with Gasteiger partial charge in [-0.3, -0.25) is 9.59 Å². The smallest absolute Gasteiger partial charge is 0.256 e. The van der Waals surface area contributed by atoms with Crippen LogP contribution in [-0.4, -0.2) is 16.7 Å². The summed E-state index contributed by atoms with van der Waals surface area (Å²) in [6.07, 6.45) is 9.15. The Bertz CT molecular complexity index is 821. The summed E-state index contributed by atoms with van der Waals surface area (Å²) < 4.78 is 0. The molecule has 0 radical (unpaired) electrons. The molecule has 0 spiro atoms. The molecule has 4 heteroatoms. The first-order chi connectivity index (χ1) is 12.1. The van der Waals surface area contributed by atoms with Gasteiger partial charge in [-0.25, -0.2) is 4.98 Å². The molecule has 0 unspecified atom stereocenters. The number of benzene rings is 1. The summed E-state index contributed by atoms with van der Waals surface area (Å²) in [5.74, 6) is 0.310. The number of allylic oxidation sites excluding steroid dienone is 5. The Morgan fingerprint density at radius 2 is 1.92 bits per heavy atom. The highest BCUT2D eigenvalue weighted by atomic mass is 16.1. The molecule has 1 N–H and O–H groups in total. The number of hydrogen-bond acceptors (Lipinski definition) is 3. The van der Waals surface area contributed by atoms with Gasteiger partial charge in [0, 0.05) is 18.2 Å². The molecule has 0 fully saturated rings. The summed E-state index contributed by atoms with van der Waals surface area (Å²) >= 11 is 0. The third-order valence-electron chi connectivity index (χ3n) is 3.39. The second-order valence-corrected chi connectivity index (χ2v) is 5.41. The van der Waals surface area contributed by atoms with Crippen LogP contribution in [0, 0.1) is 0 Å². The lowest BCUT2D eigenvalue weighted by molar-refractivity contribution is -0.116. The van der Waals surface area contributed by atoms with Gasteiger partial charge in [0.25, 0.3) is 5.91 Å². The molecule has 1 amide bonds. The van der Waals surface area contributed by atoms with Gasteiger partial charge in [-0.05, 0) is 42.3 Å². The van der Waals surface area contributed by atoms with E-state index in [-0.39, 0.29) is 11.7 Å². The maximum absolute atomic E-state index is 12.2. The molecule has 1 aromatic carbocycles. The van der Waals surface area contributed by atoms with Crippen LogP contribution in [0.2, 0.25) is 0 Å². The number of anilines is 1. The van der Waals surface area contributed by atoms with E-state index >= 15 is 0 Å². The first kappa shape index (κ1) is 18.1. The molecule has 0 saturated carbocycles. The summed E-state index contributed by atoms with van der Waals surface area (Å²) in [5.41, 5.74) is 2.29. The first-order valence-corrected chi connectivity index (χ1v) is 7.91. The largest absolute Gasteiger partial charge is 0.307 e. The lowest BCUT2D eigenvalue weighted by Crippen LogP contribution is -2.12. The summed E-state index contributed by atoms with van der Waals surface area (Å²) in [6, 6.07) is 12.6. The normalized spacial score (nSPS) is 11.3. The van der Waals surface area contributed by atoms with Crippen LogP contribution in [0.5, 0.6) is 0 Å². The number of amides is 1. The quantitative estimate of drug-likeness (QED) is 0.763. The minimum atomic E-state index is -0.221. The number of carbonyl (C=O) groups excluding carboxylic acids is 2. The van der Waals surface area contributed by atoms with E-state index in [9.17, 15) is 9.59 Å². The molecule has 0 bridgehead atoms. The SMILES string of the molecule is C=C/C=C\C(=C/CC(C)=O)c1ccnc(NC(=O)c2ccccc2)c1. The van der Waals surface area contributed by atoms with Crippen LogP contribution >= 0.6 is 0 Å². The highest BCUT2D eigenvalue weighted by molar-refractivity contribution is 6.03. The minimum Gasteiger partial charge on any atom is -0.307 e. The zero-order chi connectivity index (χ0) is 18.1. The average molecular weight is 332 g/mol. The fourth-order valence-corrected chi connectivity index (χ4v) is 2.16. The van der Waals surface area contributed by atoms with Crippen molar-refractivity contribution in [1.82, 2.24) is 4.98 Å². The lowest BCUT2D eigenvalue weighted by Gasteiger charge is -2.08. The van der Waals surface area contributed by atoms with Crippen molar-refractivity contribution in [3.05, 3.63) is 90.7 Å². The number of pyridine rings is 1. The van der Waals surface area contributed by atoms with Crippen LogP contribution in [0.1, 0.15) is 29.3 Å². The Balaban J connectivity index is 2.24. The van der Waals surface area contributed by atoms with Crippen LogP contribution in [0.15, 0.2) is 79.5 Å². The van der Waals surface area contributed by atoms with E-state index in [0.29, 0.717) is 17.8 Å². The predicted octanol–water partition coefficient (Wildman–Crippen LogP) is 4.44. The summed E-state index contributed by atoms with van der Waals surface area (Å²) in [5, 5.41) is 2.79. The molecular weight excluding hydrogens is 312 g/mol. The highest BCUT2D eigenvalue weighted by Gasteiger charge is 2.07. The minimum absolute atomic E-state index is 0.0798. The van der Waals surface area contributed by atoms with Crippen molar-refractivity contribution in [2.45, 2.75) is 13.3 Å². The monoisotopic (exact) mass is 332 g/mol. The van der Waals surface area contributed by atoms with Crippen LogP contribution in [0.3, 0.4) is 0 Å². The van der Waals surface area contributed by atoms with E-state index in [2.05, 4.69) is 16.9 Å². The van der Waals surface area contributed by atoms with Crippen molar-refractivity contribution in [3.63, 3.8) is 0 Å². The van der Waals surface area contributed by atoms with Crippen molar-refractivity contribution in [1.29, 1.82) is 0 Å². The van der Waals surface area contributed by atoms with Crippen molar-refractivity contribution in [3.8, 4) is 0 Å². The Kier molecular flexibility index (Phi) is 6.60. The first-order valence-electron chi connectivity index (χ1n) is 7.91. The Morgan fingerprint density at radius 3 is 2.60 bits per heavy atom. The summed E-state index contributed by atoms with van der Waals surface area (Å²) in [4.78, 5) is 27.7. The van der Waals surface area contributed by atoms with Gasteiger partial charge in [-0.1, -0.05) is 49.1 Å². The predicted molar refractivity (Wildman–Crippen MR) is 101 cm³/mol. The molecule has 0 aliphatic rings. The Hall–Kier alpha value is -3.27. The van der Waals surface area contributed by atoms with E-state index in [1.165, 1.54) is 0 Å². The fourth-order valence-electron chi connectivity index (χ4n) is 2.16. The van der Waals surface area contributed by atoms with E-state index in [1.807, 2.05) is 24.3 Å². The number of nitrogens with one attached hydrogen (secondary N) is 1. The van der Waals surface area contributed by atoms with Crippen molar-refractivity contribution >= 4 is 23.1 Å². The molecule has 0 saturated heterocycles. The van der Waals surface area contributed by atoms with Gasteiger partial charge in [-0.2, -0.15) is 0 Å². The van der Waals surface area contributed by atoms with Crippen LogP contribution in [0.25, 0.3) is 5.57 Å². The lowest BCUT2D eigenvalue weighted by atomic mass is 10.0. The molecular formula is C21H20N2O2. The van der Waals surface area contributed by atoms with E-state index in [4.69, 9.17) is 0 Å². The van der Waals surface area contributed by atoms with Gasteiger partial charge in [0.05, 0.1) is 0 Å². The van der Waals surface area contributed by atoms with E-state index in [0.717, 1.165) is 11.1 Å². The second-order valence-electron chi connectivity index (χ2n) is 5.41. The molecule has 2 aromatic rings. The molecule has 25 heavy (non-hydrogen) atoms. The number of ketones is 1. The van der Waals surface area contributed by atoms with Crippen molar-refractivity contribution in [2.75, 3.05) is 5.32 Å². The number of carbonyl (C=O) groups is 2. The number of nitrogens with zero attached hydrogens (tertiary/aromatic N) is 1. The standard InChI is InChI=1S/C21H20N2O2/c1-3-4-8-17(12-11-16(2)24)19-13-14-22-20(15-19)23-21(25)18-9-6-5-7-10-18/h3-10,12-15H,1,11H2,2H3,(H,22,23,25)/b8-4-,17-12+. The fraction of sp³-hybridized carbons (Fsp3) is 0.0952. The molecule has 0 atom stereocenters. The Labute approximate surface area is 147 Å². The molecule has 2 rings (SSSR count). The number of hydrogen-bond donors (Lipinski definition) is 1. The second kappa shape index (κ2) is 9.13. The average Bonchev–Trinajstić information content (AvgIpc) is 2.62. The number of rotatable bonds is 7. The highest BCUT2D eigenvalue weighted by Crippen LogP contribution is 2.20. The van der Waals surface area contributed by atoms with Crippen LogP contribution in [0.4, 0.5) is 5.82 Å². The number of aromatic nitrogens is 1. The third kappa shape index (κ3) is 5.70. The topological polar surface area (TPSA) is 59.1 Å². The molecule has 1 heterocycles. The summed E-state index contributed by atoms with van der Waals surface area (Å²) in [7, 11) is 0. The number of Topliss-reactive ketones (excluding diaryl/α,β-unsaturated/α-hetero) is 1. The molecule has 0 aliphatic carbocycles. The molecule has 1 aromatic heterocycles. The van der Waals surface area contributed by atoms with Crippen molar-refractivity contribution < 1.29 is 9.59 Å². The van der Waals surface area contributed by atoms with Crippen molar-refractivity contribution in [2.24, 2.45) is 0 Å². The molecule has 4 nitrogen and oxygen atoms in total. The maximum Gasteiger partial charge on any atom is 0.256 e. The van der Waals surface area contributed by atoms with Gasteiger partial charge in [-0.15, -0.1) is 0 Å². The van der Waals surface area contributed by atoms with Crippen LogP contribution < -0.4 is 5.32 Å². The van der Waals surface area contributed by atoms with Gasteiger partial charge in [0.2, 0.25) is 0 Å².